The van der Waals surface area contributed by atoms with E-state index in [1.165, 1.54) is 12.1 Å². The Hall–Kier alpha value is -3.03. The molecule has 0 spiro atoms. The van der Waals surface area contributed by atoms with Crippen molar-refractivity contribution in [2.75, 3.05) is 13.1 Å². The molecule has 0 saturated carbocycles. The maximum Gasteiger partial charge on any atom is 0.411 e. The zero-order valence-corrected chi connectivity index (χ0v) is 24.6. The van der Waals surface area contributed by atoms with Gasteiger partial charge in [0.1, 0.15) is 23.3 Å². The Balaban J connectivity index is 1.84. The van der Waals surface area contributed by atoms with Gasteiger partial charge in [0.25, 0.3) is 0 Å². The number of hydrogen-bond acceptors (Lipinski definition) is 5. The quantitative estimate of drug-likeness (QED) is 0.452. The molecule has 212 valence electrons. The molecule has 1 aromatic carbocycles. The van der Waals surface area contributed by atoms with Gasteiger partial charge in [-0.2, -0.15) is 0 Å². The summed E-state index contributed by atoms with van der Waals surface area (Å²) in [5, 5.41) is 0. The van der Waals surface area contributed by atoms with Gasteiger partial charge >= 0.3 is 6.09 Å². The number of piperidine rings is 1. The van der Waals surface area contributed by atoms with Crippen molar-refractivity contribution in [2.45, 2.75) is 104 Å². The lowest BCUT2D eigenvalue weighted by Gasteiger charge is -2.41. The number of carbonyl (C=O) groups is 2. The zero-order valence-electron chi connectivity index (χ0n) is 24.6. The number of amides is 2. The molecule has 39 heavy (non-hydrogen) atoms. The maximum atomic E-state index is 14.6. The van der Waals surface area contributed by atoms with Crippen LogP contribution in [0.25, 0.3) is 0 Å². The molecule has 0 bridgehead atoms. The van der Waals surface area contributed by atoms with E-state index >= 15 is 0 Å². The van der Waals surface area contributed by atoms with Crippen molar-refractivity contribution in [1.82, 2.24) is 19.8 Å². The van der Waals surface area contributed by atoms with Crippen LogP contribution in [0.1, 0.15) is 104 Å². The Bertz CT molecular complexity index is 1220. The summed E-state index contributed by atoms with van der Waals surface area (Å²) in [4.78, 5) is 40.9. The van der Waals surface area contributed by atoms with E-state index in [-0.39, 0.29) is 22.7 Å². The lowest BCUT2D eigenvalue weighted by Crippen LogP contribution is -2.53. The first-order valence-corrected chi connectivity index (χ1v) is 13.9. The third-order valence-corrected chi connectivity index (χ3v) is 7.51. The van der Waals surface area contributed by atoms with Gasteiger partial charge in [-0.3, -0.25) is 9.69 Å². The minimum Gasteiger partial charge on any atom is -0.444 e. The molecular weight excluding hydrogens is 495 g/mol. The van der Waals surface area contributed by atoms with E-state index in [0.29, 0.717) is 30.9 Å². The van der Waals surface area contributed by atoms with Crippen molar-refractivity contribution < 1.29 is 18.7 Å². The van der Waals surface area contributed by atoms with E-state index in [1.807, 2.05) is 31.7 Å². The van der Waals surface area contributed by atoms with E-state index in [9.17, 15) is 14.0 Å². The van der Waals surface area contributed by atoms with Gasteiger partial charge in [0, 0.05) is 36.3 Å². The highest BCUT2D eigenvalue weighted by molar-refractivity contribution is 5.87. The monoisotopic (exact) mass is 538 g/mol. The Kier molecular flexibility index (Phi) is 7.80. The molecule has 2 aliphatic rings. The summed E-state index contributed by atoms with van der Waals surface area (Å²) in [6, 6.07) is 6.71. The van der Waals surface area contributed by atoms with Crippen molar-refractivity contribution in [1.29, 1.82) is 0 Å². The third-order valence-electron chi connectivity index (χ3n) is 7.51. The van der Waals surface area contributed by atoms with Gasteiger partial charge in [0.05, 0.1) is 6.04 Å². The Morgan fingerprint density at radius 1 is 1.10 bits per heavy atom. The predicted molar refractivity (Wildman–Crippen MR) is 149 cm³/mol. The molecule has 0 radical (unpaired) electrons. The molecule has 2 saturated heterocycles. The molecule has 0 N–H and O–H groups in total. The second kappa shape index (κ2) is 10.5. The topological polar surface area (TPSA) is 75.6 Å². The fraction of sp³-hybridized carbons (Fsp3) is 0.613. The van der Waals surface area contributed by atoms with E-state index in [0.717, 1.165) is 18.5 Å². The molecule has 0 aliphatic carbocycles. The molecule has 2 amide bonds. The van der Waals surface area contributed by atoms with Crippen LogP contribution in [0.4, 0.5) is 9.18 Å². The third kappa shape index (κ3) is 6.59. The Labute approximate surface area is 232 Å². The molecule has 0 unspecified atom stereocenters. The van der Waals surface area contributed by atoms with Gasteiger partial charge in [-0.15, -0.1) is 0 Å². The highest BCUT2D eigenvalue weighted by Gasteiger charge is 2.51. The average Bonchev–Trinajstić information content (AvgIpc) is 3.22. The summed E-state index contributed by atoms with van der Waals surface area (Å²) in [5.74, 6) is -0.173. The van der Waals surface area contributed by atoms with Crippen LogP contribution in [0.5, 0.6) is 0 Å². The van der Waals surface area contributed by atoms with Crippen LogP contribution in [0.15, 0.2) is 36.5 Å². The molecule has 2 fully saturated rings. The van der Waals surface area contributed by atoms with E-state index < -0.39 is 29.6 Å². The first-order valence-electron chi connectivity index (χ1n) is 13.9. The van der Waals surface area contributed by atoms with Gasteiger partial charge < -0.3 is 9.64 Å². The summed E-state index contributed by atoms with van der Waals surface area (Å²) in [5.41, 5.74) is 0.279. The Morgan fingerprint density at radius 3 is 2.44 bits per heavy atom. The number of halogens is 1. The number of nitrogens with zero attached hydrogens (tertiary/aromatic N) is 4. The van der Waals surface area contributed by atoms with Crippen molar-refractivity contribution in [3.8, 4) is 0 Å². The minimum absolute atomic E-state index is 0.00110. The molecule has 3 atom stereocenters. The van der Waals surface area contributed by atoms with Gasteiger partial charge in [0.2, 0.25) is 5.91 Å². The first-order chi connectivity index (χ1) is 18.1. The highest BCUT2D eigenvalue weighted by Crippen LogP contribution is 2.48. The number of rotatable bonds is 3. The normalized spacial score (nSPS) is 23.6. The summed E-state index contributed by atoms with van der Waals surface area (Å²) in [6.07, 6.45) is 3.46. The van der Waals surface area contributed by atoms with Gasteiger partial charge in [0.15, 0.2) is 0 Å². The molecule has 4 rings (SSSR count). The second-order valence-electron chi connectivity index (χ2n) is 13.8. The fourth-order valence-electron chi connectivity index (χ4n) is 5.77. The lowest BCUT2D eigenvalue weighted by atomic mass is 9.84. The van der Waals surface area contributed by atoms with Crippen molar-refractivity contribution >= 4 is 12.0 Å². The van der Waals surface area contributed by atoms with Crippen molar-refractivity contribution in [3.63, 3.8) is 0 Å². The summed E-state index contributed by atoms with van der Waals surface area (Å²) >= 11 is 0. The summed E-state index contributed by atoms with van der Waals surface area (Å²) < 4.78 is 20.4. The molecule has 1 aromatic heterocycles. The van der Waals surface area contributed by atoms with E-state index in [2.05, 4.69) is 18.8 Å². The van der Waals surface area contributed by atoms with Crippen LogP contribution in [-0.2, 0) is 14.9 Å². The number of carbonyl (C=O) groups excluding carboxylic acids is 2. The molecule has 8 heteroatoms. The molecule has 2 aromatic rings. The molecule has 2 aliphatic heterocycles. The van der Waals surface area contributed by atoms with Gasteiger partial charge in [-0.25, -0.2) is 19.2 Å². The van der Waals surface area contributed by atoms with Gasteiger partial charge in [-0.05, 0) is 69.2 Å². The SMILES string of the molecule is CC1(C)CCCN(C(=O)[C@@H]2C[C@H](c3ccnc(C(C)(C)C)n3)[C@H](c3cccc(F)c3)N2C(=O)OC(C)(C)C)C1. The van der Waals surface area contributed by atoms with Crippen molar-refractivity contribution in [2.24, 2.45) is 5.41 Å². The second-order valence-corrected chi connectivity index (χ2v) is 13.8. The summed E-state index contributed by atoms with van der Waals surface area (Å²) in [7, 11) is 0. The average molecular weight is 539 g/mol. The zero-order chi connectivity index (χ0) is 28.8. The minimum atomic E-state index is -0.767. The van der Waals surface area contributed by atoms with E-state index in [1.54, 1.807) is 44.0 Å². The van der Waals surface area contributed by atoms with Crippen LogP contribution in [0.3, 0.4) is 0 Å². The first kappa shape index (κ1) is 29.0. The molecule has 7 nitrogen and oxygen atoms in total. The number of ether oxygens (including phenoxy) is 1. The van der Waals surface area contributed by atoms with Crippen LogP contribution in [-0.4, -0.2) is 56.5 Å². The lowest BCUT2D eigenvalue weighted by molar-refractivity contribution is -0.139. The predicted octanol–water partition coefficient (Wildman–Crippen LogP) is 6.40. The highest BCUT2D eigenvalue weighted by atomic mass is 19.1. The van der Waals surface area contributed by atoms with Crippen LogP contribution in [0, 0.1) is 11.2 Å². The fourth-order valence-corrected chi connectivity index (χ4v) is 5.77. The maximum absolute atomic E-state index is 14.6. The number of hydrogen-bond donors (Lipinski definition) is 0. The number of likely N-dealkylation sites (tertiary alicyclic amines) is 2. The molecule has 3 heterocycles. The molecular formula is C31H43FN4O3. The smallest absolute Gasteiger partial charge is 0.411 e. The number of benzene rings is 1. The Morgan fingerprint density at radius 2 is 1.82 bits per heavy atom. The van der Waals surface area contributed by atoms with Crippen LogP contribution >= 0.6 is 0 Å². The number of aromatic nitrogens is 2. The summed E-state index contributed by atoms with van der Waals surface area (Å²) in [6.45, 7) is 17.2. The standard InChI is InChI=1S/C31H43FN4O3/c1-29(2,3)27-33-15-13-23(34-27)22-18-24(26(37)35-16-10-14-31(7,8)19-35)36(28(38)39-30(4,5)6)25(22)20-11-9-12-21(32)17-20/h9,11-13,15,17,22,24-25H,10,14,16,18-19H2,1-8H3/t22-,24+,25+/m1/s1. The largest absolute Gasteiger partial charge is 0.444 e. The van der Waals surface area contributed by atoms with Crippen molar-refractivity contribution in [3.05, 3.63) is 59.4 Å². The van der Waals surface area contributed by atoms with Crippen LogP contribution < -0.4 is 0 Å². The van der Waals surface area contributed by atoms with Gasteiger partial charge in [-0.1, -0.05) is 46.8 Å². The van der Waals surface area contributed by atoms with Crippen LogP contribution in [0.2, 0.25) is 0 Å². The van der Waals surface area contributed by atoms with E-state index in [4.69, 9.17) is 9.72 Å².